The highest BCUT2D eigenvalue weighted by Gasteiger charge is 2.05. The average Bonchev–Trinajstić information content (AvgIpc) is 2.49. The lowest BCUT2D eigenvalue weighted by atomic mass is 10.3. The summed E-state index contributed by atoms with van der Waals surface area (Å²) in [6, 6.07) is 4.94. The van der Waals surface area contributed by atoms with Crippen LogP contribution in [0.3, 0.4) is 0 Å². The number of hydrogen-bond acceptors (Lipinski definition) is 4. The SMILES string of the molecule is Clc1cc(Cl)cc(Oc2nnc(Br)s2)c1. The maximum absolute atomic E-state index is 5.82. The Morgan fingerprint density at radius 3 is 2.33 bits per heavy atom. The average molecular weight is 326 g/mol. The molecule has 0 saturated heterocycles. The van der Waals surface area contributed by atoms with Crippen molar-refractivity contribution in [3.8, 4) is 10.9 Å². The normalized spacial score (nSPS) is 10.3. The topological polar surface area (TPSA) is 35.0 Å². The van der Waals surface area contributed by atoms with Gasteiger partial charge >= 0.3 is 0 Å². The summed E-state index contributed by atoms with van der Waals surface area (Å²) in [7, 11) is 0. The zero-order valence-electron chi connectivity index (χ0n) is 7.08. The Labute approximate surface area is 108 Å². The van der Waals surface area contributed by atoms with Gasteiger partial charge in [0.1, 0.15) is 5.75 Å². The van der Waals surface area contributed by atoms with Crippen LogP contribution in [-0.4, -0.2) is 10.2 Å². The second kappa shape index (κ2) is 4.65. The van der Waals surface area contributed by atoms with E-state index in [0.29, 0.717) is 24.9 Å². The van der Waals surface area contributed by atoms with Crippen LogP contribution in [0.4, 0.5) is 0 Å². The zero-order valence-corrected chi connectivity index (χ0v) is 11.0. The Kier molecular flexibility index (Phi) is 3.45. The molecule has 2 aromatic rings. The van der Waals surface area contributed by atoms with Crippen molar-refractivity contribution in [3.63, 3.8) is 0 Å². The van der Waals surface area contributed by atoms with Crippen molar-refractivity contribution < 1.29 is 4.74 Å². The molecule has 0 aliphatic heterocycles. The molecule has 1 heterocycles. The molecule has 0 amide bonds. The van der Waals surface area contributed by atoms with Crippen LogP contribution in [0.15, 0.2) is 22.1 Å². The fraction of sp³-hybridized carbons (Fsp3) is 0. The molecule has 78 valence electrons. The number of nitrogens with zero attached hydrogens (tertiary/aromatic N) is 2. The van der Waals surface area contributed by atoms with Gasteiger partial charge in [0.15, 0.2) is 3.92 Å². The molecule has 2 rings (SSSR count). The molecule has 1 aromatic heterocycles. The number of rotatable bonds is 2. The Morgan fingerprint density at radius 1 is 1.13 bits per heavy atom. The minimum absolute atomic E-state index is 0.431. The quantitative estimate of drug-likeness (QED) is 0.820. The first-order chi connectivity index (χ1) is 7.13. The van der Waals surface area contributed by atoms with Crippen molar-refractivity contribution in [3.05, 3.63) is 32.2 Å². The molecule has 0 aliphatic carbocycles. The van der Waals surface area contributed by atoms with E-state index in [1.54, 1.807) is 18.2 Å². The highest BCUT2D eigenvalue weighted by molar-refractivity contribution is 9.11. The predicted octanol–water partition coefficient (Wildman–Crippen LogP) is 4.40. The summed E-state index contributed by atoms with van der Waals surface area (Å²) in [6.45, 7) is 0. The molecule has 0 fully saturated rings. The minimum atomic E-state index is 0.431. The Bertz CT molecular complexity index is 471. The second-order valence-corrected chi connectivity index (χ2v) is 5.62. The molecular formula is C8H3BrCl2N2OS. The molecule has 0 bridgehead atoms. The van der Waals surface area contributed by atoms with E-state index in [0.717, 1.165) is 0 Å². The van der Waals surface area contributed by atoms with Crippen molar-refractivity contribution in [1.82, 2.24) is 10.2 Å². The summed E-state index contributed by atoms with van der Waals surface area (Å²) in [5.41, 5.74) is 0. The van der Waals surface area contributed by atoms with E-state index in [1.807, 2.05) is 0 Å². The van der Waals surface area contributed by atoms with Gasteiger partial charge in [-0.05, 0) is 45.5 Å². The third-order valence-corrected chi connectivity index (χ3v) is 3.09. The highest BCUT2D eigenvalue weighted by atomic mass is 79.9. The van der Waals surface area contributed by atoms with Crippen LogP contribution in [-0.2, 0) is 0 Å². The first kappa shape index (κ1) is 11.1. The largest absolute Gasteiger partial charge is 0.430 e. The van der Waals surface area contributed by atoms with Gasteiger partial charge in [-0.1, -0.05) is 28.3 Å². The Morgan fingerprint density at radius 2 is 1.80 bits per heavy atom. The van der Waals surface area contributed by atoms with E-state index >= 15 is 0 Å². The van der Waals surface area contributed by atoms with E-state index < -0.39 is 0 Å². The molecule has 15 heavy (non-hydrogen) atoms. The van der Waals surface area contributed by atoms with Gasteiger partial charge in [0.25, 0.3) is 5.19 Å². The molecule has 1 aromatic carbocycles. The molecule has 0 saturated carbocycles. The van der Waals surface area contributed by atoms with Gasteiger partial charge < -0.3 is 4.74 Å². The highest BCUT2D eigenvalue weighted by Crippen LogP contribution is 2.31. The van der Waals surface area contributed by atoms with E-state index in [4.69, 9.17) is 27.9 Å². The molecule has 0 N–H and O–H groups in total. The van der Waals surface area contributed by atoms with Crippen LogP contribution in [0.25, 0.3) is 0 Å². The minimum Gasteiger partial charge on any atom is -0.430 e. The molecule has 7 heteroatoms. The summed E-state index contributed by atoms with van der Waals surface area (Å²) >= 11 is 16.1. The van der Waals surface area contributed by atoms with Gasteiger partial charge in [-0.3, -0.25) is 0 Å². The lowest BCUT2D eigenvalue weighted by Gasteiger charge is -2.01. The van der Waals surface area contributed by atoms with Gasteiger partial charge in [-0.25, -0.2) is 0 Å². The summed E-state index contributed by atoms with van der Waals surface area (Å²) < 4.78 is 6.06. The first-order valence-corrected chi connectivity index (χ1v) is 6.13. The molecular weight excluding hydrogens is 323 g/mol. The van der Waals surface area contributed by atoms with E-state index in [2.05, 4.69) is 26.1 Å². The summed E-state index contributed by atoms with van der Waals surface area (Å²) in [5.74, 6) is 0.538. The second-order valence-electron chi connectivity index (χ2n) is 2.53. The molecule has 0 unspecified atom stereocenters. The van der Waals surface area contributed by atoms with Crippen LogP contribution in [0.5, 0.6) is 10.9 Å². The van der Waals surface area contributed by atoms with Crippen LogP contribution in [0.2, 0.25) is 10.0 Å². The summed E-state index contributed by atoms with van der Waals surface area (Å²) in [5, 5.41) is 9.00. The lowest BCUT2D eigenvalue weighted by molar-refractivity contribution is 0.473. The number of benzene rings is 1. The standard InChI is InChI=1S/C8H3BrCl2N2OS/c9-7-12-13-8(15-7)14-6-2-4(10)1-5(11)3-6/h1-3H. The van der Waals surface area contributed by atoms with Gasteiger partial charge in [0, 0.05) is 10.0 Å². The number of halogens is 3. The maximum Gasteiger partial charge on any atom is 0.300 e. The Hall–Kier alpha value is -0.360. The maximum atomic E-state index is 5.82. The lowest BCUT2D eigenvalue weighted by Crippen LogP contribution is -1.83. The summed E-state index contributed by atoms with van der Waals surface area (Å²) in [4.78, 5) is 0. The van der Waals surface area contributed by atoms with Crippen molar-refractivity contribution in [1.29, 1.82) is 0 Å². The third-order valence-electron chi connectivity index (χ3n) is 1.42. The fourth-order valence-electron chi connectivity index (χ4n) is 0.923. The predicted molar refractivity (Wildman–Crippen MR) is 64.1 cm³/mol. The molecule has 0 atom stereocenters. The monoisotopic (exact) mass is 324 g/mol. The van der Waals surface area contributed by atoms with Crippen molar-refractivity contribution in [2.45, 2.75) is 0 Å². The molecule has 0 aliphatic rings. The first-order valence-electron chi connectivity index (χ1n) is 3.76. The molecule has 0 radical (unpaired) electrons. The number of hydrogen-bond donors (Lipinski definition) is 0. The van der Waals surface area contributed by atoms with Crippen LogP contribution < -0.4 is 4.74 Å². The van der Waals surface area contributed by atoms with Crippen molar-refractivity contribution in [2.24, 2.45) is 0 Å². The fourth-order valence-corrected chi connectivity index (χ4v) is 2.37. The van der Waals surface area contributed by atoms with E-state index in [1.165, 1.54) is 11.3 Å². The van der Waals surface area contributed by atoms with Gasteiger partial charge in [0.2, 0.25) is 0 Å². The van der Waals surface area contributed by atoms with Gasteiger partial charge in [0.05, 0.1) is 0 Å². The number of aromatic nitrogens is 2. The molecule has 3 nitrogen and oxygen atoms in total. The van der Waals surface area contributed by atoms with E-state index in [9.17, 15) is 0 Å². The van der Waals surface area contributed by atoms with Crippen LogP contribution >= 0.6 is 50.5 Å². The van der Waals surface area contributed by atoms with Gasteiger partial charge in [-0.2, -0.15) is 0 Å². The van der Waals surface area contributed by atoms with Crippen LogP contribution in [0, 0.1) is 0 Å². The third kappa shape index (κ3) is 3.04. The zero-order chi connectivity index (χ0) is 10.8. The number of ether oxygens (including phenoxy) is 1. The van der Waals surface area contributed by atoms with Crippen molar-refractivity contribution in [2.75, 3.05) is 0 Å². The molecule has 0 spiro atoms. The smallest absolute Gasteiger partial charge is 0.300 e. The van der Waals surface area contributed by atoms with Crippen molar-refractivity contribution >= 4 is 50.5 Å². The van der Waals surface area contributed by atoms with Crippen LogP contribution in [0.1, 0.15) is 0 Å². The van der Waals surface area contributed by atoms with Gasteiger partial charge in [-0.15, -0.1) is 5.10 Å². The Balaban J connectivity index is 2.24. The summed E-state index contributed by atoms with van der Waals surface area (Å²) in [6.07, 6.45) is 0. The van der Waals surface area contributed by atoms with E-state index in [-0.39, 0.29) is 0 Å².